The molecule has 0 unspecified atom stereocenters. The van der Waals surface area contributed by atoms with Gasteiger partial charge in [-0.2, -0.15) is 0 Å². The van der Waals surface area contributed by atoms with Crippen molar-refractivity contribution in [3.63, 3.8) is 0 Å². The van der Waals surface area contributed by atoms with Crippen LogP contribution < -0.4 is 5.56 Å². The molecule has 22 heavy (non-hydrogen) atoms. The summed E-state index contributed by atoms with van der Waals surface area (Å²) in [6.45, 7) is 3.86. The molecule has 1 aromatic carbocycles. The van der Waals surface area contributed by atoms with Crippen molar-refractivity contribution >= 4 is 33.3 Å². The monoisotopic (exact) mass is 338 g/mol. The molecule has 0 aliphatic carbocycles. The molecule has 114 valence electrons. The smallest absolute Gasteiger partial charge is 0.259 e. The van der Waals surface area contributed by atoms with Gasteiger partial charge in [-0.3, -0.25) is 4.79 Å². The fraction of sp³-hybridized carbons (Fsp3) is 0.200. The largest absolute Gasteiger partial charge is 0.309 e. The second kappa shape index (κ2) is 5.81. The van der Waals surface area contributed by atoms with Crippen molar-refractivity contribution in [2.45, 2.75) is 24.5 Å². The third-order valence-electron chi connectivity index (χ3n) is 3.35. The van der Waals surface area contributed by atoms with E-state index in [1.165, 1.54) is 29.2 Å². The van der Waals surface area contributed by atoms with Crippen LogP contribution in [0, 0.1) is 25.5 Å². The predicted molar refractivity (Wildman–Crippen MR) is 85.6 cm³/mol. The summed E-state index contributed by atoms with van der Waals surface area (Å²) in [6, 6.07) is 3.72. The minimum absolute atomic E-state index is 0.160. The number of H-pyrrole nitrogens is 1. The zero-order valence-electron chi connectivity index (χ0n) is 11.9. The average Bonchev–Trinajstić information content (AvgIpc) is 2.75. The van der Waals surface area contributed by atoms with E-state index in [9.17, 15) is 13.6 Å². The number of nitrogens with zero attached hydrogens (tertiary/aromatic N) is 1. The van der Waals surface area contributed by atoms with Gasteiger partial charge in [-0.05, 0) is 37.6 Å². The van der Waals surface area contributed by atoms with E-state index >= 15 is 0 Å². The molecule has 2 heterocycles. The van der Waals surface area contributed by atoms with E-state index in [-0.39, 0.29) is 5.56 Å². The third-order valence-corrected chi connectivity index (χ3v) is 5.46. The van der Waals surface area contributed by atoms with Crippen molar-refractivity contribution in [3.8, 4) is 0 Å². The number of aromatic nitrogens is 2. The quantitative estimate of drug-likeness (QED) is 0.729. The fourth-order valence-corrected chi connectivity index (χ4v) is 3.93. The minimum atomic E-state index is -0.883. The number of halogens is 2. The molecule has 3 rings (SSSR count). The van der Waals surface area contributed by atoms with Crippen LogP contribution in [0.25, 0.3) is 10.2 Å². The Morgan fingerprint density at radius 1 is 1.27 bits per heavy atom. The highest BCUT2D eigenvalue weighted by atomic mass is 32.2. The maximum absolute atomic E-state index is 13.2. The van der Waals surface area contributed by atoms with Gasteiger partial charge in [-0.15, -0.1) is 23.1 Å². The number of thiophene rings is 1. The van der Waals surface area contributed by atoms with E-state index in [1.807, 2.05) is 13.8 Å². The summed E-state index contributed by atoms with van der Waals surface area (Å²) in [7, 11) is 0. The molecule has 0 aliphatic heterocycles. The highest BCUT2D eigenvalue weighted by Crippen LogP contribution is 2.27. The van der Waals surface area contributed by atoms with Crippen molar-refractivity contribution in [2.24, 2.45) is 0 Å². The summed E-state index contributed by atoms with van der Waals surface area (Å²) < 4.78 is 26.1. The summed E-state index contributed by atoms with van der Waals surface area (Å²) in [6.07, 6.45) is 0. The Morgan fingerprint density at radius 2 is 2.05 bits per heavy atom. The Hall–Kier alpha value is -1.73. The number of rotatable bonds is 3. The van der Waals surface area contributed by atoms with Gasteiger partial charge >= 0.3 is 0 Å². The molecular formula is C15H12F2N2OS2. The van der Waals surface area contributed by atoms with Gasteiger partial charge in [0.2, 0.25) is 0 Å². The van der Waals surface area contributed by atoms with E-state index in [1.54, 1.807) is 0 Å². The number of thioether (sulfide) groups is 1. The maximum atomic E-state index is 13.2. The number of hydrogen-bond acceptors (Lipinski definition) is 4. The highest BCUT2D eigenvalue weighted by Gasteiger charge is 2.12. The molecule has 3 nitrogen and oxygen atoms in total. The lowest BCUT2D eigenvalue weighted by atomic mass is 10.2. The Bertz CT molecular complexity index is 918. The van der Waals surface area contributed by atoms with E-state index in [0.717, 1.165) is 22.6 Å². The molecule has 0 bridgehead atoms. The van der Waals surface area contributed by atoms with Crippen LogP contribution in [-0.2, 0) is 5.75 Å². The lowest BCUT2D eigenvalue weighted by Crippen LogP contribution is -2.10. The second-order valence-electron chi connectivity index (χ2n) is 4.84. The lowest BCUT2D eigenvalue weighted by molar-refractivity contribution is 0.506. The third kappa shape index (κ3) is 2.78. The second-order valence-corrected chi connectivity index (χ2v) is 7.09. The number of aromatic amines is 1. The van der Waals surface area contributed by atoms with Crippen LogP contribution in [0.15, 0.2) is 27.9 Å². The van der Waals surface area contributed by atoms with Crippen LogP contribution in [0.2, 0.25) is 0 Å². The molecule has 0 aliphatic rings. The first-order valence-electron chi connectivity index (χ1n) is 6.52. The fourth-order valence-electron chi connectivity index (χ4n) is 2.09. The van der Waals surface area contributed by atoms with Crippen LogP contribution in [0.1, 0.15) is 16.3 Å². The topological polar surface area (TPSA) is 45.8 Å². The van der Waals surface area contributed by atoms with Crippen LogP contribution in [0.3, 0.4) is 0 Å². The van der Waals surface area contributed by atoms with Gasteiger partial charge in [0.15, 0.2) is 11.6 Å². The summed E-state index contributed by atoms with van der Waals surface area (Å²) in [4.78, 5) is 21.7. The van der Waals surface area contributed by atoms with Crippen molar-refractivity contribution < 1.29 is 8.78 Å². The van der Waals surface area contributed by atoms with Crippen molar-refractivity contribution in [3.05, 3.63) is 56.5 Å². The zero-order valence-corrected chi connectivity index (χ0v) is 13.5. The first-order valence-corrected chi connectivity index (χ1v) is 8.32. The van der Waals surface area contributed by atoms with Gasteiger partial charge in [0.25, 0.3) is 5.56 Å². The van der Waals surface area contributed by atoms with E-state index in [0.29, 0.717) is 26.7 Å². The van der Waals surface area contributed by atoms with Gasteiger partial charge in [0.05, 0.1) is 11.1 Å². The lowest BCUT2D eigenvalue weighted by Gasteiger charge is -2.02. The molecule has 0 fully saturated rings. The summed E-state index contributed by atoms with van der Waals surface area (Å²) in [5.41, 5.74) is 0.793. The number of benzene rings is 1. The zero-order chi connectivity index (χ0) is 15.9. The molecule has 7 heteroatoms. The maximum Gasteiger partial charge on any atom is 0.259 e. The molecule has 1 N–H and O–H groups in total. The van der Waals surface area contributed by atoms with Gasteiger partial charge in [-0.1, -0.05) is 0 Å². The standard InChI is InChI=1S/C15H12F2N2OS2/c1-7-8(2)22-15-13(7)14(20)18-12(19-15)6-21-9-3-4-10(16)11(17)5-9/h3-5H,6H2,1-2H3,(H,18,19,20). The first kappa shape index (κ1) is 15.2. The number of fused-ring (bicyclic) bond motifs is 1. The molecule has 0 saturated heterocycles. The Labute approximate surface area is 133 Å². The van der Waals surface area contributed by atoms with Crippen LogP contribution >= 0.6 is 23.1 Å². The van der Waals surface area contributed by atoms with Gasteiger partial charge in [0, 0.05) is 9.77 Å². The van der Waals surface area contributed by atoms with E-state index in [2.05, 4.69) is 9.97 Å². The molecule has 0 saturated carbocycles. The van der Waals surface area contributed by atoms with E-state index < -0.39 is 11.6 Å². The van der Waals surface area contributed by atoms with Crippen molar-refractivity contribution in [1.82, 2.24) is 9.97 Å². The SMILES string of the molecule is Cc1sc2nc(CSc3ccc(F)c(F)c3)[nH]c(=O)c2c1C. The van der Waals surface area contributed by atoms with Crippen LogP contribution in [0.4, 0.5) is 8.78 Å². The predicted octanol–water partition coefficient (Wildman–Crippen LogP) is 4.17. The van der Waals surface area contributed by atoms with Crippen molar-refractivity contribution in [1.29, 1.82) is 0 Å². The van der Waals surface area contributed by atoms with Crippen LogP contribution in [-0.4, -0.2) is 9.97 Å². The molecule has 0 atom stereocenters. The summed E-state index contributed by atoms with van der Waals surface area (Å²) >= 11 is 2.77. The first-order chi connectivity index (χ1) is 10.5. The van der Waals surface area contributed by atoms with Crippen LogP contribution in [0.5, 0.6) is 0 Å². The number of hydrogen-bond donors (Lipinski definition) is 1. The average molecular weight is 338 g/mol. The Morgan fingerprint density at radius 3 is 2.77 bits per heavy atom. The van der Waals surface area contributed by atoms with Gasteiger partial charge in [0.1, 0.15) is 10.7 Å². The molecular weight excluding hydrogens is 326 g/mol. The molecule has 2 aromatic heterocycles. The number of aryl methyl sites for hydroxylation is 2. The van der Waals surface area contributed by atoms with E-state index in [4.69, 9.17) is 0 Å². The summed E-state index contributed by atoms with van der Waals surface area (Å²) in [5.74, 6) is -0.853. The number of nitrogens with one attached hydrogen (secondary N) is 1. The highest BCUT2D eigenvalue weighted by molar-refractivity contribution is 7.98. The minimum Gasteiger partial charge on any atom is -0.309 e. The Kier molecular flexibility index (Phi) is 4.01. The Balaban J connectivity index is 1.88. The molecule has 0 spiro atoms. The van der Waals surface area contributed by atoms with Gasteiger partial charge in [-0.25, -0.2) is 13.8 Å². The normalized spacial score (nSPS) is 11.3. The van der Waals surface area contributed by atoms with Gasteiger partial charge < -0.3 is 4.98 Å². The summed E-state index contributed by atoms with van der Waals surface area (Å²) in [5, 5.41) is 0.629. The van der Waals surface area contributed by atoms with Crippen molar-refractivity contribution in [2.75, 3.05) is 0 Å². The molecule has 0 radical (unpaired) electrons. The molecule has 0 amide bonds. The molecule has 3 aromatic rings.